The molecule has 0 spiro atoms. The monoisotopic (exact) mass is 276 g/mol. The molecule has 96 valence electrons. The first kappa shape index (κ1) is 16.2. The molecule has 1 rings (SSSR count). The zero-order valence-corrected chi connectivity index (χ0v) is 11.4. The molecule has 0 atom stereocenters. The first-order chi connectivity index (χ1) is 7.72. The summed E-state index contributed by atoms with van der Waals surface area (Å²) in [4.78, 5) is 11.3. The van der Waals surface area contributed by atoms with Crippen LogP contribution in [-0.4, -0.2) is 26.0 Å². The minimum Gasteiger partial charge on any atom is -0.356 e. The fourth-order valence-electron chi connectivity index (χ4n) is 1.37. The summed E-state index contributed by atoms with van der Waals surface area (Å²) < 4.78 is 0. The first-order valence-corrected chi connectivity index (χ1v) is 5.76. The second kappa shape index (κ2) is 9.28. The van der Waals surface area contributed by atoms with Crippen LogP contribution >= 0.6 is 24.0 Å². The number of hydrogen-bond acceptors (Lipinski definition) is 2. The number of hydrogen-bond donors (Lipinski definition) is 2. The molecule has 0 saturated heterocycles. The standard InChI is InChI=1S/C12H17ClN2O.ClH/c1-14-7-6-12(16)15-8-5-10-3-2-4-11(13)9-10;/h2-4,9,14H,5-8H2,1H3,(H,15,16);1H. The van der Waals surface area contributed by atoms with Gasteiger partial charge in [-0.2, -0.15) is 0 Å². The van der Waals surface area contributed by atoms with Gasteiger partial charge in [0, 0.05) is 24.5 Å². The third kappa shape index (κ3) is 7.21. The molecule has 0 aromatic heterocycles. The minimum absolute atomic E-state index is 0. The van der Waals surface area contributed by atoms with Crippen molar-refractivity contribution >= 4 is 29.9 Å². The summed E-state index contributed by atoms with van der Waals surface area (Å²) in [6.07, 6.45) is 1.33. The molecule has 0 unspecified atom stereocenters. The molecule has 0 aliphatic rings. The van der Waals surface area contributed by atoms with Crippen LogP contribution in [0.5, 0.6) is 0 Å². The van der Waals surface area contributed by atoms with E-state index in [0.29, 0.717) is 19.5 Å². The summed E-state index contributed by atoms with van der Waals surface area (Å²) in [5, 5.41) is 6.53. The summed E-state index contributed by atoms with van der Waals surface area (Å²) in [7, 11) is 1.83. The van der Waals surface area contributed by atoms with Crippen molar-refractivity contribution in [1.29, 1.82) is 0 Å². The maximum atomic E-state index is 11.3. The van der Waals surface area contributed by atoms with Gasteiger partial charge >= 0.3 is 0 Å². The number of nitrogens with one attached hydrogen (secondary N) is 2. The van der Waals surface area contributed by atoms with Crippen LogP contribution < -0.4 is 10.6 Å². The average molecular weight is 277 g/mol. The van der Waals surface area contributed by atoms with E-state index in [0.717, 1.165) is 17.0 Å². The van der Waals surface area contributed by atoms with E-state index in [-0.39, 0.29) is 18.3 Å². The summed E-state index contributed by atoms with van der Waals surface area (Å²) in [5.41, 5.74) is 1.14. The van der Waals surface area contributed by atoms with Gasteiger partial charge in [-0.15, -0.1) is 12.4 Å². The number of amides is 1. The first-order valence-electron chi connectivity index (χ1n) is 5.38. The molecular weight excluding hydrogens is 259 g/mol. The van der Waals surface area contributed by atoms with Gasteiger partial charge in [0.15, 0.2) is 0 Å². The summed E-state index contributed by atoms with van der Waals surface area (Å²) >= 11 is 5.86. The number of benzene rings is 1. The molecule has 1 aromatic rings. The molecule has 1 aromatic carbocycles. The topological polar surface area (TPSA) is 41.1 Å². The quantitative estimate of drug-likeness (QED) is 0.835. The van der Waals surface area contributed by atoms with Crippen molar-refractivity contribution in [3.63, 3.8) is 0 Å². The Balaban J connectivity index is 0.00000256. The largest absolute Gasteiger partial charge is 0.356 e. The molecule has 0 fully saturated rings. The van der Waals surface area contributed by atoms with Gasteiger partial charge in [0.05, 0.1) is 0 Å². The Morgan fingerprint density at radius 2 is 2.12 bits per heavy atom. The molecule has 17 heavy (non-hydrogen) atoms. The van der Waals surface area contributed by atoms with Crippen molar-refractivity contribution in [3.05, 3.63) is 34.9 Å². The lowest BCUT2D eigenvalue weighted by atomic mass is 10.1. The fourth-order valence-corrected chi connectivity index (χ4v) is 1.58. The zero-order chi connectivity index (χ0) is 11.8. The van der Waals surface area contributed by atoms with E-state index in [1.54, 1.807) is 0 Å². The number of rotatable bonds is 6. The van der Waals surface area contributed by atoms with Crippen LogP contribution in [0.1, 0.15) is 12.0 Å². The number of halogens is 2. The lowest BCUT2D eigenvalue weighted by Gasteiger charge is -2.05. The maximum absolute atomic E-state index is 11.3. The van der Waals surface area contributed by atoms with Gasteiger partial charge in [0.25, 0.3) is 0 Å². The van der Waals surface area contributed by atoms with Gasteiger partial charge in [-0.3, -0.25) is 4.79 Å². The molecule has 2 N–H and O–H groups in total. The fraction of sp³-hybridized carbons (Fsp3) is 0.417. The Morgan fingerprint density at radius 3 is 2.76 bits per heavy atom. The Morgan fingerprint density at radius 1 is 1.35 bits per heavy atom. The highest BCUT2D eigenvalue weighted by Crippen LogP contribution is 2.10. The van der Waals surface area contributed by atoms with E-state index >= 15 is 0 Å². The zero-order valence-electron chi connectivity index (χ0n) is 9.83. The lowest BCUT2D eigenvalue weighted by molar-refractivity contribution is -0.120. The maximum Gasteiger partial charge on any atom is 0.221 e. The van der Waals surface area contributed by atoms with Crippen molar-refractivity contribution in [3.8, 4) is 0 Å². The molecule has 1 amide bonds. The van der Waals surface area contributed by atoms with Crippen molar-refractivity contribution < 1.29 is 4.79 Å². The van der Waals surface area contributed by atoms with Crippen molar-refractivity contribution in [1.82, 2.24) is 10.6 Å². The Labute approximate surface area is 113 Å². The second-order valence-electron chi connectivity index (χ2n) is 3.58. The molecule has 0 heterocycles. The summed E-state index contributed by atoms with van der Waals surface area (Å²) in [6.45, 7) is 1.37. The SMILES string of the molecule is CNCCC(=O)NCCc1cccc(Cl)c1.Cl. The smallest absolute Gasteiger partial charge is 0.221 e. The van der Waals surface area contributed by atoms with Crippen molar-refractivity contribution in [2.75, 3.05) is 20.1 Å². The molecule has 0 aliphatic heterocycles. The van der Waals surface area contributed by atoms with Crippen molar-refractivity contribution in [2.24, 2.45) is 0 Å². The van der Waals surface area contributed by atoms with Gasteiger partial charge in [-0.25, -0.2) is 0 Å². The average Bonchev–Trinajstić information content (AvgIpc) is 2.26. The van der Waals surface area contributed by atoms with Crippen LogP contribution in [0, 0.1) is 0 Å². The summed E-state index contributed by atoms with van der Waals surface area (Å²) in [5.74, 6) is 0.0800. The van der Waals surface area contributed by atoms with Gasteiger partial charge in [0.2, 0.25) is 5.91 Å². The van der Waals surface area contributed by atoms with Crippen molar-refractivity contribution in [2.45, 2.75) is 12.8 Å². The Kier molecular flexibility index (Phi) is 8.86. The molecule has 5 heteroatoms. The Hall–Kier alpha value is -0.770. The molecule has 0 saturated carbocycles. The predicted molar refractivity (Wildman–Crippen MR) is 74.0 cm³/mol. The molecule has 3 nitrogen and oxygen atoms in total. The van der Waals surface area contributed by atoms with Crippen LogP contribution in [0.4, 0.5) is 0 Å². The third-order valence-corrected chi connectivity index (χ3v) is 2.46. The molecule has 0 aliphatic carbocycles. The van der Waals surface area contributed by atoms with Crippen LogP contribution in [0.25, 0.3) is 0 Å². The van der Waals surface area contributed by atoms with E-state index in [1.165, 1.54) is 0 Å². The normalized spacial score (nSPS) is 9.53. The van der Waals surface area contributed by atoms with E-state index in [2.05, 4.69) is 10.6 Å². The van der Waals surface area contributed by atoms with Crippen LogP contribution in [-0.2, 0) is 11.2 Å². The van der Waals surface area contributed by atoms with Crippen LogP contribution in [0.15, 0.2) is 24.3 Å². The van der Waals surface area contributed by atoms with Gasteiger partial charge in [0.1, 0.15) is 0 Å². The second-order valence-corrected chi connectivity index (χ2v) is 4.02. The summed E-state index contributed by atoms with van der Waals surface area (Å²) in [6, 6.07) is 7.68. The predicted octanol–water partition coefficient (Wildman–Crippen LogP) is 2.03. The van der Waals surface area contributed by atoms with E-state index in [4.69, 9.17) is 11.6 Å². The van der Waals surface area contributed by atoms with E-state index in [1.807, 2.05) is 31.3 Å². The van der Waals surface area contributed by atoms with Crippen LogP contribution in [0.3, 0.4) is 0 Å². The lowest BCUT2D eigenvalue weighted by Crippen LogP contribution is -2.28. The van der Waals surface area contributed by atoms with E-state index in [9.17, 15) is 4.79 Å². The van der Waals surface area contributed by atoms with Gasteiger partial charge in [-0.05, 0) is 31.2 Å². The van der Waals surface area contributed by atoms with E-state index < -0.39 is 0 Å². The third-order valence-electron chi connectivity index (χ3n) is 2.23. The van der Waals surface area contributed by atoms with Gasteiger partial charge < -0.3 is 10.6 Å². The Bertz CT molecular complexity index is 345. The highest BCUT2D eigenvalue weighted by atomic mass is 35.5. The molecular formula is C12H18Cl2N2O. The highest BCUT2D eigenvalue weighted by molar-refractivity contribution is 6.30. The minimum atomic E-state index is 0. The molecule has 0 bridgehead atoms. The van der Waals surface area contributed by atoms with Crippen LogP contribution in [0.2, 0.25) is 5.02 Å². The number of carbonyl (C=O) groups is 1. The highest BCUT2D eigenvalue weighted by Gasteiger charge is 1.99. The van der Waals surface area contributed by atoms with Gasteiger partial charge in [-0.1, -0.05) is 23.7 Å². The number of carbonyl (C=O) groups excluding carboxylic acids is 1. The molecule has 0 radical (unpaired) electrons.